The second-order valence-corrected chi connectivity index (χ2v) is 11.2. The number of rotatable bonds is 10. The molecule has 1 fully saturated rings. The molecule has 3 heterocycles. The largest absolute Gasteiger partial charge is 0.491 e. The fourth-order valence-corrected chi connectivity index (χ4v) is 6.21. The Hall–Kier alpha value is -3.46. The Kier molecular flexibility index (Phi) is 10.2. The molecule has 0 saturated heterocycles. The fraction of sp³-hybridized carbons (Fsp3) is 0.429. The van der Waals surface area contributed by atoms with Crippen LogP contribution in [-0.2, 0) is 13.0 Å². The summed E-state index contributed by atoms with van der Waals surface area (Å²) in [5.74, 6) is 1.24. The molecule has 2 N–H and O–H groups in total. The maximum Gasteiger partial charge on any atom is 0.393 e. The van der Waals surface area contributed by atoms with Gasteiger partial charge in [-0.1, -0.05) is 24.3 Å². The van der Waals surface area contributed by atoms with Crippen molar-refractivity contribution in [2.75, 3.05) is 33.3 Å². The molecular formula is C28H32ClF3N6O4S. The van der Waals surface area contributed by atoms with E-state index in [-0.39, 0.29) is 35.4 Å². The topological polar surface area (TPSA) is 115 Å². The highest BCUT2D eigenvalue weighted by atomic mass is 35.5. The summed E-state index contributed by atoms with van der Waals surface area (Å²) in [7, 11) is 6.24. The third-order valence-electron chi connectivity index (χ3n) is 7.27. The van der Waals surface area contributed by atoms with Gasteiger partial charge >= 0.3 is 12.2 Å². The molecule has 1 aliphatic carbocycles. The number of nitrogens with zero attached hydrogens (tertiary/aromatic N) is 5. The van der Waals surface area contributed by atoms with Crippen molar-refractivity contribution in [3.63, 3.8) is 0 Å². The van der Waals surface area contributed by atoms with E-state index in [1.807, 2.05) is 29.2 Å². The summed E-state index contributed by atoms with van der Waals surface area (Å²) < 4.78 is 54.8. The number of hydrogen-bond donors (Lipinski definition) is 2. The highest BCUT2D eigenvalue weighted by Crippen LogP contribution is 2.37. The van der Waals surface area contributed by atoms with Gasteiger partial charge in [0, 0.05) is 36.1 Å². The van der Waals surface area contributed by atoms with Crippen LogP contribution in [0.15, 0.2) is 36.4 Å². The normalized spacial score (nSPS) is 18.4. The summed E-state index contributed by atoms with van der Waals surface area (Å²) in [5.41, 5.74) is 2.59. The summed E-state index contributed by atoms with van der Waals surface area (Å²) in [4.78, 5) is 11.1. The summed E-state index contributed by atoms with van der Waals surface area (Å²) in [5, 5.41) is 23.2. The number of halogens is 4. The first-order valence-electron chi connectivity index (χ1n) is 13.2. The van der Waals surface area contributed by atoms with Crippen LogP contribution in [-0.4, -0.2) is 78.0 Å². The van der Waals surface area contributed by atoms with Crippen molar-refractivity contribution in [2.45, 2.75) is 50.2 Å². The zero-order valence-corrected chi connectivity index (χ0v) is 25.5. The number of nitrogens with one attached hydrogen (secondary N) is 1. The molecule has 0 amide bonds. The summed E-state index contributed by atoms with van der Waals surface area (Å²) >= 11 is 0.966. The predicted molar refractivity (Wildman–Crippen MR) is 160 cm³/mol. The van der Waals surface area contributed by atoms with E-state index in [1.165, 1.54) is 20.3 Å². The van der Waals surface area contributed by atoms with E-state index in [4.69, 9.17) is 14.2 Å². The maximum absolute atomic E-state index is 13.0. The average Bonchev–Trinajstić information content (AvgIpc) is 3.55. The number of aliphatic hydroxyl groups excluding tert-OH is 1. The van der Waals surface area contributed by atoms with Crippen molar-refractivity contribution in [2.24, 2.45) is 0 Å². The third-order valence-corrected chi connectivity index (χ3v) is 8.30. The van der Waals surface area contributed by atoms with Gasteiger partial charge < -0.3 is 29.5 Å². The SMILES string of the molecule is COc1nc(N(C)[C@H]2C[C@@H](NCc3ccc(-c4cc(OC)c(OC)nn4)cc3)C[C@H]2O)c2cc(CC(F)(F)F)sc2n1.Cl. The van der Waals surface area contributed by atoms with Crippen molar-refractivity contribution >= 4 is 39.8 Å². The van der Waals surface area contributed by atoms with Gasteiger partial charge in [0.2, 0.25) is 0 Å². The zero-order chi connectivity index (χ0) is 30.0. The smallest absolute Gasteiger partial charge is 0.393 e. The molecule has 3 aromatic heterocycles. The van der Waals surface area contributed by atoms with Gasteiger partial charge in [-0.25, -0.2) is 0 Å². The van der Waals surface area contributed by atoms with E-state index in [0.717, 1.165) is 22.5 Å². The van der Waals surface area contributed by atoms with Crippen LogP contribution in [0.1, 0.15) is 23.3 Å². The number of fused-ring (bicyclic) bond motifs is 1. The molecule has 0 unspecified atom stereocenters. The summed E-state index contributed by atoms with van der Waals surface area (Å²) in [6.45, 7) is 0.586. The van der Waals surface area contributed by atoms with Gasteiger partial charge in [0.25, 0.3) is 5.88 Å². The Balaban J connectivity index is 0.00000423. The van der Waals surface area contributed by atoms with Crippen molar-refractivity contribution in [3.05, 3.63) is 46.8 Å². The van der Waals surface area contributed by atoms with E-state index < -0.39 is 18.7 Å². The molecule has 5 rings (SSSR count). The monoisotopic (exact) mass is 640 g/mol. The molecule has 1 aliphatic rings. The highest BCUT2D eigenvalue weighted by Gasteiger charge is 2.37. The van der Waals surface area contributed by atoms with Gasteiger partial charge in [-0.2, -0.15) is 23.1 Å². The molecule has 0 aliphatic heterocycles. The molecule has 4 aromatic rings. The standard InChI is InChI=1S/C28H31F3N6O4S.ClH/c1-37(24-19-11-18(13-28(29,30)31)42-26(19)34-27(33-24)41-4)21-9-17(10-22(21)38)32-14-15-5-7-16(8-6-15)20-12-23(39-2)25(40-3)36-35-20;/h5-8,11-12,17,21-22,32,38H,9-10,13-14H2,1-4H3;1H/t17-,21+,22-;/m1./s1. The van der Waals surface area contributed by atoms with E-state index in [2.05, 4.69) is 25.5 Å². The van der Waals surface area contributed by atoms with Crippen LogP contribution >= 0.6 is 23.7 Å². The third kappa shape index (κ3) is 7.37. The number of methoxy groups -OCH3 is 3. The Labute approximate surface area is 256 Å². The lowest BCUT2D eigenvalue weighted by Gasteiger charge is -2.28. The van der Waals surface area contributed by atoms with Crippen LogP contribution in [0.25, 0.3) is 21.5 Å². The van der Waals surface area contributed by atoms with E-state index >= 15 is 0 Å². The quantitative estimate of drug-likeness (QED) is 0.250. The molecule has 0 spiro atoms. The van der Waals surface area contributed by atoms with Crippen molar-refractivity contribution in [3.8, 4) is 28.9 Å². The number of aromatic nitrogens is 4. The van der Waals surface area contributed by atoms with E-state index in [1.54, 1.807) is 20.2 Å². The first-order chi connectivity index (χ1) is 20.1. The first-order valence-corrected chi connectivity index (χ1v) is 14.0. The zero-order valence-electron chi connectivity index (χ0n) is 23.9. The van der Waals surface area contributed by atoms with Gasteiger partial charge in [-0.3, -0.25) is 0 Å². The lowest BCUT2D eigenvalue weighted by atomic mass is 10.1. The van der Waals surface area contributed by atoms with Gasteiger partial charge in [-0.05, 0) is 24.5 Å². The highest BCUT2D eigenvalue weighted by molar-refractivity contribution is 7.18. The van der Waals surface area contributed by atoms with Crippen LogP contribution in [0.4, 0.5) is 19.0 Å². The maximum atomic E-state index is 13.0. The predicted octanol–water partition coefficient (Wildman–Crippen LogP) is 4.82. The molecule has 232 valence electrons. The number of aliphatic hydroxyl groups is 1. The summed E-state index contributed by atoms with van der Waals surface area (Å²) in [6, 6.07) is 10.9. The second-order valence-electron chi connectivity index (χ2n) is 10.1. The van der Waals surface area contributed by atoms with Gasteiger partial charge in [-0.15, -0.1) is 33.9 Å². The molecule has 43 heavy (non-hydrogen) atoms. The van der Waals surface area contributed by atoms with Gasteiger partial charge in [0.05, 0.1) is 51.0 Å². The second kappa shape index (κ2) is 13.5. The number of alkyl halides is 3. The molecule has 1 aromatic carbocycles. The number of anilines is 1. The van der Waals surface area contributed by atoms with Gasteiger partial charge in [0.1, 0.15) is 10.6 Å². The van der Waals surface area contributed by atoms with Gasteiger partial charge in [0.15, 0.2) is 5.75 Å². The number of likely N-dealkylation sites (N-methyl/N-ethyl adjacent to an activating group) is 1. The van der Waals surface area contributed by atoms with Crippen LogP contribution in [0.2, 0.25) is 0 Å². The van der Waals surface area contributed by atoms with Crippen LogP contribution in [0, 0.1) is 0 Å². The minimum Gasteiger partial charge on any atom is -0.491 e. The number of hydrogen-bond acceptors (Lipinski definition) is 11. The number of ether oxygens (including phenoxy) is 3. The van der Waals surface area contributed by atoms with Crippen molar-refractivity contribution < 1.29 is 32.5 Å². The Morgan fingerprint density at radius 3 is 2.42 bits per heavy atom. The average molecular weight is 641 g/mol. The first kappa shape index (κ1) is 32.5. The molecule has 3 atom stereocenters. The Morgan fingerprint density at radius 1 is 1.02 bits per heavy atom. The Bertz CT molecular complexity index is 1540. The number of thiophene rings is 1. The Morgan fingerprint density at radius 2 is 1.77 bits per heavy atom. The minimum absolute atomic E-state index is 0. The van der Waals surface area contributed by atoms with E-state index in [9.17, 15) is 18.3 Å². The van der Waals surface area contributed by atoms with Crippen molar-refractivity contribution in [1.82, 2.24) is 25.5 Å². The van der Waals surface area contributed by atoms with Crippen LogP contribution in [0.5, 0.6) is 17.6 Å². The molecule has 0 radical (unpaired) electrons. The summed E-state index contributed by atoms with van der Waals surface area (Å²) in [6.07, 6.45) is -4.90. The molecule has 10 nitrogen and oxygen atoms in total. The number of benzene rings is 1. The molecule has 0 bridgehead atoms. The lowest BCUT2D eigenvalue weighted by molar-refractivity contribution is -0.126. The fourth-order valence-electron chi connectivity index (χ4n) is 5.16. The molecule has 1 saturated carbocycles. The van der Waals surface area contributed by atoms with Crippen LogP contribution in [0.3, 0.4) is 0 Å². The van der Waals surface area contributed by atoms with E-state index in [0.29, 0.717) is 52.7 Å². The van der Waals surface area contributed by atoms with Crippen LogP contribution < -0.4 is 24.4 Å². The van der Waals surface area contributed by atoms with Crippen molar-refractivity contribution in [1.29, 1.82) is 0 Å². The minimum atomic E-state index is -4.33. The lowest BCUT2D eigenvalue weighted by Crippen LogP contribution is -2.38. The molecular weight excluding hydrogens is 609 g/mol. The molecule has 15 heteroatoms.